The third-order valence-electron chi connectivity index (χ3n) is 3.90. The molecule has 2 rings (SSSR count). The number of likely N-dealkylation sites (tertiary alicyclic amines) is 1. The number of benzene rings is 1. The molecule has 4 nitrogen and oxygen atoms in total. The fourth-order valence-corrected chi connectivity index (χ4v) is 2.80. The van der Waals surface area contributed by atoms with Crippen LogP contribution in [-0.4, -0.2) is 34.5 Å². The molecule has 1 aliphatic rings. The van der Waals surface area contributed by atoms with E-state index in [1.807, 2.05) is 0 Å². The Balaban J connectivity index is 2.20. The summed E-state index contributed by atoms with van der Waals surface area (Å²) in [5.41, 5.74) is -0.315. The highest BCUT2D eigenvalue weighted by Crippen LogP contribution is 2.25. The minimum absolute atomic E-state index is 0.175. The van der Waals surface area contributed by atoms with Crippen molar-refractivity contribution in [1.82, 2.24) is 4.90 Å². The Morgan fingerprint density at radius 3 is 2.52 bits per heavy atom. The number of carboxylic acid groups (broad SMARTS) is 1. The van der Waals surface area contributed by atoms with Crippen LogP contribution in [0.1, 0.15) is 25.3 Å². The molecule has 0 radical (unpaired) electrons. The van der Waals surface area contributed by atoms with E-state index in [0.717, 1.165) is 18.6 Å². The van der Waals surface area contributed by atoms with Crippen LogP contribution in [0.25, 0.3) is 0 Å². The topological polar surface area (TPSA) is 57.6 Å². The maximum Gasteiger partial charge on any atom is 0.326 e. The van der Waals surface area contributed by atoms with E-state index in [4.69, 9.17) is 0 Å². The summed E-state index contributed by atoms with van der Waals surface area (Å²) in [5, 5.41) is 9.26. The van der Waals surface area contributed by atoms with E-state index in [1.54, 1.807) is 6.92 Å². The van der Waals surface area contributed by atoms with E-state index in [-0.39, 0.29) is 11.5 Å². The second-order valence-electron chi connectivity index (χ2n) is 5.37. The summed E-state index contributed by atoms with van der Waals surface area (Å²) < 4.78 is 27.2. The molecule has 1 saturated heterocycles. The monoisotopic (exact) mass is 297 g/mol. The van der Waals surface area contributed by atoms with Crippen LogP contribution >= 0.6 is 0 Å². The van der Waals surface area contributed by atoms with Gasteiger partial charge in [0.05, 0.1) is 6.42 Å². The van der Waals surface area contributed by atoms with Crippen molar-refractivity contribution in [3.8, 4) is 0 Å². The number of carbonyl (C=O) groups is 2. The first kappa shape index (κ1) is 15.4. The summed E-state index contributed by atoms with van der Waals surface area (Å²) >= 11 is 0. The average molecular weight is 297 g/mol. The molecule has 2 unspecified atom stereocenters. The highest BCUT2D eigenvalue weighted by molar-refractivity contribution is 5.85. The molecule has 2 atom stereocenters. The summed E-state index contributed by atoms with van der Waals surface area (Å²) in [7, 11) is 0. The van der Waals surface area contributed by atoms with E-state index in [0.29, 0.717) is 13.0 Å². The van der Waals surface area contributed by atoms with Crippen molar-refractivity contribution >= 4 is 11.9 Å². The molecule has 1 heterocycles. The maximum atomic E-state index is 13.6. The van der Waals surface area contributed by atoms with Crippen LogP contribution < -0.4 is 0 Å². The van der Waals surface area contributed by atoms with Crippen molar-refractivity contribution in [2.45, 2.75) is 32.2 Å². The Morgan fingerprint density at radius 2 is 1.95 bits per heavy atom. The van der Waals surface area contributed by atoms with Crippen LogP contribution in [0.4, 0.5) is 8.78 Å². The van der Waals surface area contributed by atoms with Gasteiger partial charge in [-0.25, -0.2) is 13.6 Å². The number of piperidine rings is 1. The summed E-state index contributed by atoms with van der Waals surface area (Å²) in [6, 6.07) is 2.46. The molecular formula is C15H17F2NO3. The van der Waals surface area contributed by atoms with E-state index < -0.39 is 36.0 Å². The molecule has 1 aliphatic heterocycles. The zero-order chi connectivity index (χ0) is 15.6. The van der Waals surface area contributed by atoms with Crippen LogP contribution in [0.3, 0.4) is 0 Å². The number of rotatable bonds is 3. The van der Waals surface area contributed by atoms with Crippen LogP contribution in [-0.2, 0) is 16.0 Å². The molecule has 0 spiro atoms. The fraction of sp³-hybridized carbons (Fsp3) is 0.467. The molecule has 0 aromatic heterocycles. The normalized spacial score (nSPS) is 22.1. The Labute approximate surface area is 121 Å². The van der Waals surface area contributed by atoms with Gasteiger partial charge < -0.3 is 10.0 Å². The first-order chi connectivity index (χ1) is 9.91. The SMILES string of the molecule is CC1CCCN(C(=O)Cc2c(F)cccc2F)C1C(=O)O. The molecule has 1 aromatic carbocycles. The van der Waals surface area contributed by atoms with Gasteiger partial charge in [-0.2, -0.15) is 0 Å². The van der Waals surface area contributed by atoms with Crippen molar-refractivity contribution in [3.63, 3.8) is 0 Å². The smallest absolute Gasteiger partial charge is 0.326 e. The minimum atomic E-state index is -1.08. The van der Waals surface area contributed by atoms with E-state index in [9.17, 15) is 23.5 Å². The zero-order valence-electron chi connectivity index (χ0n) is 11.7. The van der Waals surface area contributed by atoms with Gasteiger partial charge in [0, 0.05) is 12.1 Å². The number of hydrogen-bond donors (Lipinski definition) is 1. The van der Waals surface area contributed by atoms with Gasteiger partial charge in [0.2, 0.25) is 5.91 Å². The van der Waals surface area contributed by atoms with Crippen LogP contribution in [0, 0.1) is 17.6 Å². The van der Waals surface area contributed by atoms with E-state index in [1.165, 1.54) is 11.0 Å². The molecule has 1 N–H and O–H groups in total. The summed E-state index contributed by atoms with van der Waals surface area (Å²) in [6.45, 7) is 2.07. The molecule has 6 heteroatoms. The number of amides is 1. The molecule has 114 valence electrons. The van der Waals surface area contributed by atoms with Crippen LogP contribution in [0.5, 0.6) is 0 Å². The summed E-state index contributed by atoms with van der Waals surface area (Å²) in [4.78, 5) is 24.8. The van der Waals surface area contributed by atoms with Gasteiger partial charge in [-0.3, -0.25) is 4.79 Å². The molecule has 1 fully saturated rings. The summed E-state index contributed by atoms with van der Waals surface area (Å²) in [5.74, 6) is -3.39. The third kappa shape index (κ3) is 3.20. The highest BCUT2D eigenvalue weighted by Gasteiger charge is 2.37. The van der Waals surface area contributed by atoms with Gasteiger partial charge in [-0.1, -0.05) is 13.0 Å². The van der Waals surface area contributed by atoms with E-state index >= 15 is 0 Å². The number of carbonyl (C=O) groups excluding carboxylic acids is 1. The molecular weight excluding hydrogens is 280 g/mol. The Morgan fingerprint density at radius 1 is 1.33 bits per heavy atom. The van der Waals surface area contributed by atoms with Gasteiger partial charge in [0.1, 0.15) is 17.7 Å². The molecule has 0 bridgehead atoms. The van der Waals surface area contributed by atoms with Gasteiger partial charge in [0.15, 0.2) is 0 Å². The molecule has 0 saturated carbocycles. The van der Waals surface area contributed by atoms with Crippen molar-refractivity contribution in [2.75, 3.05) is 6.54 Å². The predicted molar refractivity (Wildman–Crippen MR) is 71.6 cm³/mol. The molecule has 0 aliphatic carbocycles. The fourth-order valence-electron chi connectivity index (χ4n) is 2.80. The molecule has 1 aromatic rings. The maximum absolute atomic E-state index is 13.6. The number of aliphatic carboxylic acids is 1. The largest absolute Gasteiger partial charge is 0.480 e. The Kier molecular flexibility index (Phi) is 4.55. The van der Waals surface area contributed by atoms with Crippen molar-refractivity contribution in [3.05, 3.63) is 35.4 Å². The first-order valence-corrected chi connectivity index (χ1v) is 6.87. The molecule has 1 amide bonds. The number of nitrogens with zero attached hydrogens (tertiary/aromatic N) is 1. The van der Waals surface area contributed by atoms with Crippen LogP contribution in [0.15, 0.2) is 18.2 Å². The number of carboxylic acids is 1. The second kappa shape index (κ2) is 6.20. The first-order valence-electron chi connectivity index (χ1n) is 6.87. The lowest BCUT2D eigenvalue weighted by atomic mass is 9.90. The second-order valence-corrected chi connectivity index (χ2v) is 5.37. The van der Waals surface area contributed by atoms with Crippen LogP contribution in [0.2, 0.25) is 0 Å². The van der Waals surface area contributed by atoms with E-state index in [2.05, 4.69) is 0 Å². The van der Waals surface area contributed by atoms with Gasteiger partial charge >= 0.3 is 5.97 Å². The predicted octanol–water partition coefficient (Wildman–Crippen LogP) is 2.22. The van der Waals surface area contributed by atoms with Crippen molar-refractivity contribution < 1.29 is 23.5 Å². The quantitative estimate of drug-likeness (QED) is 0.930. The van der Waals surface area contributed by atoms with Gasteiger partial charge in [0.25, 0.3) is 0 Å². The number of hydrogen-bond acceptors (Lipinski definition) is 2. The third-order valence-corrected chi connectivity index (χ3v) is 3.90. The highest BCUT2D eigenvalue weighted by atomic mass is 19.1. The lowest BCUT2D eigenvalue weighted by molar-refractivity contribution is -0.154. The molecule has 21 heavy (non-hydrogen) atoms. The minimum Gasteiger partial charge on any atom is -0.480 e. The lowest BCUT2D eigenvalue weighted by Gasteiger charge is -2.37. The van der Waals surface area contributed by atoms with Crippen molar-refractivity contribution in [1.29, 1.82) is 0 Å². The standard InChI is InChI=1S/C15H17F2NO3/c1-9-4-3-7-18(14(9)15(20)21)13(19)8-10-11(16)5-2-6-12(10)17/h2,5-6,9,14H,3-4,7-8H2,1H3,(H,20,21). The number of halogens is 2. The van der Waals surface area contributed by atoms with Gasteiger partial charge in [-0.15, -0.1) is 0 Å². The average Bonchev–Trinajstić information content (AvgIpc) is 2.42. The van der Waals surface area contributed by atoms with Crippen molar-refractivity contribution in [2.24, 2.45) is 5.92 Å². The van der Waals surface area contributed by atoms with Gasteiger partial charge in [-0.05, 0) is 30.9 Å². The zero-order valence-corrected chi connectivity index (χ0v) is 11.7. The Hall–Kier alpha value is -1.98. The Bertz CT molecular complexity index is 542. The summed E-state index contributed by atoms with van der Waals surface area (Å²) in [6.07, 6.45) is 0.945. The lowest BCUT2D eigenvalue weighted by Crippen LogP contribution is -2.52.